The van der Waals surface area contributed by atoms with E-state index in [0.717, 1.165) is 218 Å². The summed E-state index contributed by atoms with van der Waals surface area (Å²) < 4.78 is 12.0. The van der Waals surface area contributed by atoms with E-state index in [9.17, 15) is 0 Å². The molecule has 13 rings (SSSR count). The van der Waals surface area contributed by atoms with Gasteiger partial charge in [0, 0.05) is 49.9 Å². The van der Waals surface area contributed by atoms with E-state index in [4.69, 9.17) is 29.4 Å². The number of ether oxygens (including phenoxy) is 2. The third kappa shape index (κ3) is 9.65. The van der Waals surface area contributed by atoms with Gasteiger partial charge in [-0.1, -0.05) is 96.1 Å². The highest BCUT2D eigenvalue weighted by Crippen LogP contribution is 2.48. The molecule has 10 nitrogen and oxygen atoms in total. The number of hydrogen-bond acceptors (Lipinski definition) is 6. The van der Waals surface area contributed by atoms with Gasteiger partial charge in [0.15, 0.2) is 0 Å². The Morgan fingerprint density at radius 1 is 0.326 bits per heavy atom. The molecule has 10 heteroatoms. The summed E-state index contributed by atoms with van der Waals surface area (Å²) in [5, 5.41) is 0. The van der Waals surface area contributed by atoms with Crippen LogP contribution in [0, 0.1) is 34.6 Å². The molecule has 4 N–H and O–H groups in total. The Morgan fingerprint density at radius 3 is 1.12 bits per heavy atom. The monoisotopic (exact) mass is 1210 g/mol. The second-order valence-corrected chi connectivity index (χ2v) is 25.4. The van der Waals surface area contributed by atoms with Crippen LogP contribution in [0.4, 0.5) is 0 Å². The molecule has 466 valence electrons. The van der Waals surface area contributed by atoms with Crippen LogP contribution >= 0.6 is 0 Å². The second-order valence-electron chi connectivity index (χ2n) is 25.4. The largest absolute Gasteiger partial charge is 0.497 e. The molecule has 0 atom stereocenters. The fourth-order valence-electron chi connectivity index (χ4n) is 15.4. The van der Waals surface area contributed by atoms with Gasteiger partial charge in [0.05, 0.1) is 81.8 Å². The minimum absolute atomic E-state index is 0.742. The van der Waals surface area contributed by atoms with Crippen LogP contribution in [0.15, 0.2) is 97.1 Å². The van der Waals surface area contributed by atoms with Crippen molar-refractivity contribution in [3.63, 3.8) is 0 Å². The Kier molecular flexibility index (Phi) is 15.9. The summed E-state index contributed by atoms with van der Waals surface area (Å²) >= 11 is 0. The number of aryl methyl sites for hydroxylation is 8. The Hall–Kier alpha value is -9.54. The number of rotatable bonds is 12. The molecule has 0 spiro atoms. The maximum absolute atomic E-state index is 6.16. The molecule has 4 aliphatic heterocycles. The lowest BCUT2D eigenvalue weighted by Crippen LogP contribution is -1.95. The predicted molar refractivity (Wildman–Crippen MR) is 389 cm³/mol. The summed E-state index contributed by atoms with van der Waals surface area (Å²) in [7, 11) is 3.45. The third-order valence-corrected chi connectivity index (χ3v) is 20.8. The quantitative estimate of drug-likeness (QED) is 0.0963. The van der Waals surface area contributed by atoms with Gasteiger partial charge in [0.1, 0.15) is 11.5 Å². The fraction of sp³-hybridized carbons (Fsp3) is 0.293. The number of hydrogen-bond donors (Lipinski definition) is 4. The summed E-state index contributed by atoms with van der Waals surface area (Å²) in [6, 6.07) is 35.3. The number of allylic oxidation sites excluding steroid dienone is 8. The van der Waals surface area contributed by atoms with Gasteiger partial charge in [0.25, 0.3) is 0 Å². The highest BCUT2D eigenvalue weighted by atomic mass is 16.5. The smallest absolute Gasteiger partial charge is 0.127 e. The topological polar surface area (TPSA) is 133 Å². The van der Waals surface area contributed by atoms with Crippen molar-refractivity contribution < 1.29 is 9.47 Å². The lowest BCUT2D eigenvalue weighted by molar-refractivity contribution is 0.404. The zero-order chi connectivity index (χ0) is 64.9. The van der Waals surface area contributed by atoms with Crippen molar-refractivity contribution >= 4 is 88.7 Å². The minimum atomic E-state index is 0.742. The summed E-state index contributed by atoms with van der Waals surface area (Å²) in [5.41, 5.74) is 43.7. The van der Waals surface area contributed by atoms with Gasteiger partial charge < -0.3 is 29.4 Å². The van der Waals surface area contributed by atoms with E-state index in [1.165, 1.54) is 55.7 Å². The van der Waals surface area contributed by atoms with Gasteiger partial charge in [-0.3, -0.25) is 0 Å². The van der Waals surface area contributed by atoms with Gasteiger partial charge in [-0.05, 0) is 256 Å². The first kappa shape index (κ1) is 61.3. The molecule has 0 saturated heterocycles. The zero-order valence-corrected chi connectivity index (χ0v) is 57.1. The molecular formula is C82H86N8O2. The van der Waals surface area contributed by atoms with E-state index >= 15 is 0 Å². The van der Waals surface area contributed by atoms with Crippen LogP contribution in [-0.4, -0.2) is 54.1 Å². The molecule has 0 amide bonds. The highest BCUT2D eigenvalue weighted by molar-refractivity contribution is 6.07. The van der Waals surface area contributed by atoms with Gasteiger partial charge in [0.2, 0.25) is 0 Å². The maximum atomic E-state index is 6.16. The van der Waals surface area contributed by atoms with Gasteiger partial charge in [-0.25, -0.2) is 19.9 Å². The van der Waals surface area contributed by atoms with Crippen molar-refractivity contribution in [2.24, 2.45) is 0 Å². The first-order valence-electron chi connectivity index (χ1n) is 33.2. The number of benzene rings is 3. The average molecular weight is 1220 g/mol. The van der Waals surface area contributed by atoms with Crippen LogP contribution in [0.2, 0.25) is 0 Å². The highest BCUT2D eigenvalue weighted by Gasteiger charge is 2.30. The second kappa shape index (κ2) is 23.9. The summed E-state index contributed by atoms with van der Waals surface area (Å²) in [6.07, 6.45) is 5.01. The molecule has 0 radical (unpaired) electrons. The number of nitrogens with one attached hydrogen (secondary N) is 4. The lowest BCUT2D eigenvalue weighted by Gasteiger charge is -2.14. The zero-order valence-electron chi connectivity index (χ0n) is 57.1. The first-order valence-corrected chi connectivity index (χ1v) is 33.2. The fourth-order valence-corrected chi connectivity index (χ4v) is 15.4. The molecule has 9 aromatic rings. The molecule has 10 heterocycles. The number of methoxy groups -OCH3 is 2. The van der Waals surface area contributed by atoms with Gasteiger partial charge in [-0.15, -0.1) is 0 Å². The molecule has 3 aromatic carbocycles. The molecule has 4 aliphatic rings. The van der Waals surface area contributed by atoms with Crippen LogP contribution in [0.5, 0.6) is 11.5 Å². The van der Waals surface area contributed by atoms with Crippen LogP contribution in [-0.2, 0) is 19.3 Å². The standard InChI is InChI=1S/C82H86N8O2/c1-19-55-45(11)77-71(51-28-26-25-27-29-51)78-46(12)56(20-2)67(86-78)40-69-58(22-4)48(14)80(88-69)73(79-47(13)57(21-3)68(87-79)39-66(55)85-77)53-32-30-52(31-33-53)72-75-43(9)41(7)62(83-75)37-64-59(23-5)49(15)81(89-64)74(61-36-54(91-17)34-35-70(61)92-18)82-50(16)60(24-6)65(90-82)38-63-42(8)44(10)76(72)84-63/h25-40,83,85,88,90H,19-24H2,1-18H3. The average Bonchev–Trinajstić information content (AvgIpc) is 1.61. The van der Waals surface area contributed by atoms with E-state index in [1.54, 1.807) is 14.2 Å². The molecule has 92 heavy (non-hydrogen) atoms. The number of H-pyrrole nitrogens is 4. The minimum Gasteiger partial charge on any atom is -0.497 e. The van der Waals surface area contributed by atoms with Crippen molar-refractivity contribution in [1.82, 2.24) is 39.9 Å². The van der Waals surface area contributed by atoms with Crippen LogP contribution in [0.3, 0.4) is 0 Å². The van der Waals surface area contributed by atoms with Crippen LogP contribution in [0.1, 0.15) is 185 Å². The number of aromatic nitrogens is 8. The number of fused-ring (bicyclic) bond motifs is 16. The van der Waals surface area contributed by atoms with Gasteiger partial charge in [-0.2, -0.15) is 0 Å². The molecule has 0 saturated carbocycles. The Bertz CT molecular complexity index is 5100. The van der Waals surface area contributed by atoms with Gasteiger partial charge >= 0.3 is 0 Å². The van der Waals surface area contributed by atoms with Crippen LogP contribution in [0.25, 0.3) is 133 Å². The normalized spacial score (nSPS) is 13.4. The number of nitrogens with zero attached hydrogens (tertiary/aromatic N) is 4. The lowest BCUT2D eigenvalue weighted by atomic mass is 9.93. The van der Waals surface area contributed by atoms with E-state index in [-0.39, 0.29) is 0 Å². The van der Waals surface area contributed by atoms with E-state index in [1.807, 2.05) is 12.1 Å². The Balaban J connectivity index is 1.11. The summed E-state index contributed by atoms with van der Waals surface area (Å²) in [6.45, 7) is 36.0. The van der Waals surface area contributed by atoms with E-state index in [2.05, 4.69) is 216 Å². The molecule has 0 fully saturated rings. The maximum Gasteiger partial charge on any atom is 0.127 e. The summed E-state index contributed by atoms with van der Waals surface area (Å²) in [5.74, 6) is 1.49. The Morgan fingerprint density at radius 2 is 0.696 bits per heavy atom. The van der Waals surface area contributed by atoms with Crippen molar-refractivity contribution in [1.29, 1.82) is 0 Å². The number of aromatic amines is 4. The molecule has 16 bridgehead atoms. The molecule has 0 aliphatic carbocycles. The predicted octanol–water partition coefficient (Wildman–Crippen LogP) is 21.8. The van der Waals surface area contributed by atoms with Crippen molar-refractivity contribution in [2.45, 2.75) is 149 Å². The van der Waals surface area contributed by atoms with E-state index < -0.39 is 0 Å². The van der Waals surface area contributed by atoms with Crippen LogP contribution < -0.4 is 9.47 Å². The molecule has 0 unspecified atom stereocenters. The summed E-state index contributed by atoms with van der Waals surface area (Å²) in [4.78, 5) is 39.0. The molecule has 6 aromatic heterocycles. The molecular weight excluding hydrogens is 1130 g/mol. The van der Waals surface area contributed by atoms with Crippen molar-refractivity contribution in [3.8, 4) is 56.0 Å². The van der Waals surface area contributed by atoms with Crippen molar-refractivity contribution in [3.05, 3.63) is 187 Å². The SMILES string of the molecule is CCC1=C(C)c2nc1cc1[nH]c(c(C)c1CC)c(-c1ccccc1)c1nc(cc3[nH]c(c(C)c3CC)c2-c2ccc(-c3c4nc(cc5[nH]c(c(C)c5CC)c(-c5cc(OC)ccc5OC)c5nc(cc6[nH]c3c(C)c6C)C(CC)=C5C)C(C)=C4C)cc2)C(CC)=C1C. The van der Waals surface area contributed by atoms with Crippen molar-refractivity contribution in [2.75, 3.05) is 14.2 Å². The third-order valence-electron chi connectivity index (χ3n) is 20.8. The first-order chi connectivity index (χ1) is 44.4. The van der Waals surface area contributed by atoms with E-state index in [0.29, 0.717) is 0 Å². The Labute approximate surface area is 541 Å².